The first-order chi connectivity index (χ1) is 18.4. The second-order valence-electron chi connectivity index (χ2n) is 11.3. The number of nitrogens with one attached hydrogen (secondary N) is 3. The SMILES string of the molecule is CC(C)(C)C[C@@H]1N[C@@H](C(=O)Nc2ccc(C#N)cc2)[C@H](c2cc(F)cc(Cl)c2)C12C(=O)Nc1cc(Cl)ccc12. The molecule has 9 heteroatoms. The van der Waals surface area contributed by atoms with Gasteiger partial charge in [0.05, 0.1) is 17.7 Å². The van der Waals surface area contributed by atoms with Crippen molar-refractivity contribution in [2.45, 2.75) is 50.6 Å². The van der Waals surface area contributed by atoms with Gasteiger partial charge in [-0.2, -0.15) is 5.26 Å². The molecule has 2 amide bonds. The summed E-state index contributed by atoms with van der Waals surface area (Å²) in [5.74, 6) is -2.05. The van der Waals surface area contributed by atoms with E-state index in [1.807, 2.05) is 6.07 Å². The Kier molecular flexibility index (Phi) is 6.92. The molecule has 0 saturated carbocycles. The van der Waals surface area contributed by atoms with Crippen LogP contribution < -0.4 is 16.0 Å². The van der Waals surface area contributed by atoms with Crippen molar-refractivity contribution in [3.05, 3.63) is 93.2 Å². The van der Waals surface area contributed by atoms with Gasteiger partial charge in [0.25, 0.3) is 0 Å². The molecule has 1 fully saturated rings. The summed E-state index contributed by atoms with van der Waals surface area (Å²) in [7, 11) is 0. The van der Waals surface area contributed by atoms with Crippen LogP contribution in [0, 0.1) is 22.6 Å². The van der Waals surface area contributed by atoms with Gasteiger partial charge in [-0.15, -0.1) is 0 Å². The van der Waals surface area contributed by atoms with Crippen LogP contribution in [0.2, 0.25) is 10.0 Å². The van der Waals surface area contributed by atoms with E-state index in [0.29, 0.717) is 39.5 Å². The van der Waals surface area contributed by atoms with Crippen molar-refractivity contribution in [2.75, 3.05) is 10.6 Å². The molecule has 39 heavy (non-hydrogen) atoms. The molecule has 0 radical (unpaired) electrons. The summed E-state index contributed by atoms with van der Waals surface area (Å²) >= 11 is 12.6. The highest BCUT2D eigenvalue weighted by molar-refractivity contribution is 6.31. The zero-order valence-electron chi connectivity index (χ0n) is 21.6. The normalized spacial score (nSPS) is 23.8. The van der Waals surface area contributed by atoms with Gasteiger partial charge in [0.2, 0.25) is 11.8 Å². The standard InChI is InChI=1S/C30H27Cl2FN4O2/c1-29(2,3)14-24-30(22-9-6-18(31)13-23(22)36-28(30)39)25(17-10-19(32)12-20(33)11-17)26(37-24)27(38)35-21-7-4-16(15-34)5-8-21/h4-13,24-26,37H,14H2,1-3H3,(H,35,38)(H,36,39)/t24-,25-,26+,30?/m0/s1. The Morgan fingerprint density at radius 1 is 1.08 bits per heavy atom. The van der Waals surface area contributed by atoms with E-state index in [9.17, 15) is 14.0 Å². The smallest absolute Gasteiger partial charge is 0.242 e. The largest absolute Gasteiger partial charge is 0.325 e. The Labute approximate surface area is 236 Å². The second kappa shape index (κ2) is 9.95. The number of hydrogen-bond acceptors (Lipinski definition) is 4. The highest BCUT2D eigenvalue weighted by Gasteiger charge is 2.65. The minimum Gasteiger partial charge on any atom is -0.325 e. The lowest BCUT2D eigenvalue weighted by molar-refractivity contribution is -0.122. The van der Waals surface area contributed by atoms with Crippen molar-refractivity contribution in [3.63, 3.8) is 0 Å². The third kappa shape index (κ3) is 4.89. The third-order valence-electron chi connectivity index (χ3n) is 7.43. The van der Waals surface area contributed by atoms with Crippen molar-refractivity contribution in [3.8, 4) is 6.07 Å². The van der Waals surface area contributed by atoms with Gasteiger partial charge in [0.15, 0.2) is 0 Å². The Morgan fingerprint density at radius 3 is 2.44 bits per heavy atom. The average molecular weight is 565 g/mol. The van der Waals surface area contributed by atoms with Gasteiger partial charge >= 0.3 is 0 Å². The Bertz CT molecular complexity index is 1490. The molecule has 3 aromatic carbocycles. The number of fused-ring (bicyclic) bond motifs is 2. The first kappa shape index (κ1) is 27.1. The fourth-order valence-electron chi connectivity index (χ4n) is 6.02. The lowest BCUT2D eigenvalue weighted by atomic mass is 9.62. The van der Waals surface area contributed by atoms with Gasteiger partial charge in [-0.25, -0.2) is 4.39 Å². The van der Waals surface area contributed by atoms with Gasteiger partial charge in [-0.3, -0.25) is 9.59 Å². The fourth-order valence-corrected chi connectivity index (χ4v) is 6.43. The van der Waals surface area contributed by atoms with E-state index < -0.39 is 35.1 Å². The average Bonchev–Trinajstić information content (AvgIpc) is 3.32. The molecule has 0 aromatic heterocycles. The molecule has 2 aliphatic rings. The quantitative estimate of drug-likeness (QED) is 0.342. The second-order valence-corrected chi connectivity index (χ2v) is 12.2. The van der Waals surface area contributed by atoms with E-state index in [0.717, 1.165) is 0 Å². The summed E-state index contributed by atoms with van der Waals surface area (Å²) in [5.41, 5.74) is 1.17. The number of rotatable bonds is 4. The summed E-state index contributed by atoms with van der Waals surface area (Å²) in [6.45, 7) is 6.20. The predicted octanol–water partition coefficient (Wildman–Crippen LogP) is 6.39. The molecule has 2 heterocycles. The molecular formula is C30H27Cl2FN4O2. The molecule has 0 aliphatic carbocycles. The molecule has 1 saturated heterocycles. The lowest BCUT2D eigenvalue weighted by Gasteiger charge is -2.37. The number of amides is 2. The first-order valence-corrected chi connectivity index (χ1v) is 13.3. The summed E-state index contributed by atoms with van der Waals surface area (Å²) in [6.07, 6.45) is 0.544. The molecule has 5 rings (SSSR count). The molecular weight excluding hydrogens is 538 g/mol. The van der Waals surface area contributed by atoms with Crippen molar-refractivity contribution < 1.29 is 14.0 Å². The van der Waals surface area contributed by atoms with Crippen molar-refractivity contribution in [1.82, 2.24) is 5.32 Å². The van der Waals surface area contributed by atoms with Gasteiger partial charge in [-0.05, 0) is 77.6 Å². The molecule has 1 spiro atoms. The van der Waals surface area contributed by atoms with Crippen molar-refractivity contribution >= 4 is 46.4 Å². The van der Waals surface area contributed by atoms with Crippen LogP contribution in [0.1, 0.15) is 49.8 Å². The van der Waals surface area contributed by atoms with Crippen molar-refractivity contribution in [2.24, 2.45) is 5.41 Å². The molecule has 4 atom stereocenters. The minimum atomic E-state index is -1.25. The number of anilines is 2. The lowest BCUT2D eigenvalue weighted by Crippen LogP contribution is -2.49. The van der Waals surface area contributed by atoms with E-state index in [-0.39, 0.29) is 16.3 Å². The Hall–Kier alpha value is -3.44. The first-order valence-electron chi connectivity index (χ1n) is 12.6. The molecule has 1 unspecified atom stereocenters. The van der Waals surface area contributed by atoms with E-state index in [4.69, 9.17) is 28.5 Å². The van der Waals surface area contributed by atoms with E-state index >= 15 is 0 Å². The Balaban J connectivity index is 1.70. The van der Waals surface area contributed by atoms with Crippen LogP contribution in [0.3, 0.4) is 0 Å². The zero-order valence-corrected chi connectivity index (χ0v) is 23.1. The summed E-state index contributed by atoms with van der Waals surface area (Å²) in [4.78, 5) is 28.1. The maximum Gasteiger partial charge on any atom is 0.242 e. The maximum atomic E-state index is 14.8. The molecule has 3 aromatic rings. The van der Waals surface area contributed by atoms with Crippen LogP contribution in [-0.4, -0.2) is 23.9 Å². The maximum absolute atomic E-state index is 14.8. The zero-order chi connectivity index (χ0) is 28.1. The molecule has 2 aliphatic heterocycles. The van der Waals surface area contributed by atoms with Crippen LogP contribution in [0.4, 0.5) is 15.8 Å². The summed E-state index contributed by atoms with van der Waals surface area (Å²) in [6, 6.07) is 16.5. The highest BCUT2D eigenvalue weighted by Crippen LogP contribution is 2.57. The molecule has 6 nitrogen and oxygen atoms in total. The van der Waals surface area contributed by atoms with Gasteiger partial charge < -0.3 is 16.0 Å². The van der Waals surface area contributed by atoms with Crippen LogP contribution in [-0.2, 0) is 15.0 Å². The van der Waals surface area contributed by atoms with Gasteiger partial charge in [-0.1, -0.05) is 50.0 Å². The van der Waals surface area contributed by atoms with Crippen LogP contribution in [0.15, 0.2) is 60.7 Å². The Morgan fingerprint density at radius 2 is 1.79 bits per heavy atom. The van der Waals surface area contributed by atoms with Crippen LogP contribution in [0.5, 0.6) is 0 Å². The molecule has 0 bridgehead atoms. The van der Waals surface area contributed by atoms with Gasteiger partial charge in [0.1, 0.15) is 11.2 Å². The fraction of sp³-hybridized carbons (Fsp3) is 0.300. The van der Waals surface area contributed by atoms with E-state index in [1.165, 1.54) is 12.1 Å². The number of hydrogen-bond donors (Lipinski definition) is 3. The van der Waals surface area contributed by atoms with Crippen LogP contribution >= 0.6 is 23.2 Å². The van der Waals surface area contributed by atoms with Crippen molar-refractivity contribution in [1.29, 1.82) is 5.26 Å². The van der Waals surface area contributed by atoms with E-state index in [2.05, 4.69) is 42.8 Å². The highest BCUT2D eigenvalue weighted by atomic mass is 35.5. The molecule has 3 N–H and O–H groups in total. The predicted molar refractivity (Wildman–Crippen MR) is 150 cm³/mol. The number of benzene rings is 3. The number of nitrogens with zero attached hydrogens (tertiary/aromatic N) is 1. The number of carbonyl (C=O) groups excluding carboxylic acids is 2. The summed E-state index contributed by atoms with van der Waals surface area (Å²) < 4.78 is 14.8. The minimum absolute atomic E-state index is 0.167. The molecule has 200 valence electrons. The number of carbonyl (C=O) groups is 2. The van der Waals surface area contributed by atoms with Crippen LogP contribution in [0.25, 0.3) is 0 Å². The third-order valence-corrected chi connectivity index (χ3v) is 7.88. The number of halogens is 3. The van der Waals surface area contributed by atoms with E-state index in [1.54, 1.807) is 42.5 Å². The topological polar surface area (TPSA) is 94.0 Å². The monoisotopic (exact) mass is 564 g/mol. The summed E-state index contributed by atoms with van der Waals surface area (Å²) in [5, 5.41) is 19.1. The van der Waals surface area contributed by atoms with Gasteiger partial charge in [0, 0.05) is 33.4 Å². The number of nitriles is 1.